The third-order valence-corrected chi connectivity index (χ3v) is 3.17. The first kappa shape index (κ1) is 13.1. The first-order valence-corrected chi connectivity index (χ1v) is 5.97. The quantitative estimate of drug-likeness (QED) is 0.758. The fraction of sp³-hybridized carbons (Fsp3) is 0.357. The highest BCUT2D eigenvalue weighted by molar-refractivity contribution is 6.03. The number of ketones is 1. The maximum Gasteiger partial charge on any atom is 0.267 e. The predicted octanol–water partition coefficient (Wildman–Crippen LogP) is 1.77. The number of ether oxygens (including phenoxy) is 1. The van der Waals surface area contributed by atoms with Crippen molar-refractivity contribution in [2.45, 2.75) is 20.0 Å². The molecule has 0 N–H and O–H groups in total. The lowest BCUT2D eigenvalue weighted by atomic mass is 9.99. The molecule has 1 aliphatic rings. The van der Waals surface area contributed by atoms with Crippen molar-refractivity contribution >= 4 is 17.4 Å². The minimum absolute atomic E-state index is 0.162. The Balaban J connectivity index is 2.42. The molecule has 1 aromatic rings. The summed E-state index contributed by atoms with van der Waals surface area (Å²) in [7, 11) is 1.64. The van der Waals surface area contributed by atoms with Crippen LogP contribution in [0, 0.1) is 17.2 Å². The average Bonchev–Trinajstić information content (AvgIpc) is 2.43. The molecule has 98 valence electrons. The van der Waals surface area contributed by atoms with E-state index in [2.05, 4.69) is 0 Å². The van der Waals surface area contributed by atoms with Crippen molar-refractivity contribution in [3.8, 4) is 11.8 Å². The molecule has 0 saturated carbocycles. The van der Waals surface area contributed by atoms with Crippen LogP contribution in [-0.4, -0.2) is 24.8 Å². The van der Waals surface area contributed by atoms with Crippen LogP contribution in [0.4, 0.5) is 5.69 Å². The van der Waals surface area contributed by atoms with E-state index in [1.165, 1.54) is 4.90 Å². The molecule has 1 amide bonds. The summed E-state index contributed by atoms with van der Waals surface area (Å²) in [5, 5.41) is 8.77. The van der Waals surface area contributed by atoms with Gasteiger partial charge in [-0.15, -0.1) is 0 Å². The number of benzene rings is 1. The first-order chi connectivity index (χ1) is 8.95. The molecule has 5 nitrogen and oxygen atoms in total. The third kappa shape index (κ3) is 2.17. The lowest BCUT2D eigenvalue weighted by Gasteiger charge is -2.30. The van der Waals surface area contributed by atoms with E-state index in [0.29, 0.717) is 17.0 Å². The Kier molecular flexibility index (Phi) is 3.26. The maximum atomic E-state index is 11.9. The van der Waals surface area contributed by atoms with Crippen molar-refractivity contribution < 1.29 is 14.3 Å². The predicted molar refractivity (Wildman–Crippen MR) is 69.0 cm³/mol. The van der Waals surface area contributed by atoms with Gasteiger partial charge < -0.3 is 9.64 Å². The zero-order valence-corrected chi connectivity index (χ0v) is 11.0. The van der Waals surface area contributed by atoms with Gasteiger partial charge in [0.05, 0.1) is 11.8 Å². The first-order valence-electron chi connectivity index (χ1n) is 5.97. The van der Waals surface area contributed by atoms with E-state index in [1.54, 1.807) is 39.1 Å². The van der Waals surface area contributed by atoms with Gasteiger partial charge in [0, 0.05) is 12.6 Å². The number of fused-ring (bicyclic) bond motifs is 1. The Hall–Kier alpha value is -2.35. The van der Waals surface area contributed by atoms with E-state index in [9.17, 15) is 9.59 Å². The number of rotatable bonds is 2. The number of carbonyl (C=O) groups is 2. The van der Waals surface area contributed by atoms with Gasteiger partial charge in [-0.3, -0.25) is 9.59 Å². The second-order valence-electron chi connectivity index (χ2n) is 4.55. The molecule has 2 atom stereocenters. The SMILES string of the molecule is CC(C#N)C(=O)c1ccc2c(c1)N(C)C(=O)C(C)O2. The number of anilines is 1. The van der Waals surface area contributed by atoms with E-state index in [1.807, 2.05) is 6.07 Å². The van der Waals surface area contributed by atoms with Crippen LogP contribution < -0.4 is 9.64 Å². The number of nitriles is 1. The summed E-state index contributed by atoms with van der Waals surface area (Å²) in [6.45, 7) is 3.23. The molecule has 0 radical (unpaired) electrons. The Morgan fingerprint density at radius 1 is 1.53 bits per heavy atom. The molecule has 19 heavy (non-hydrogen) atoms. The third-order valence-electron chi connectivity index (χ3n) is 3.17. The molecule has 0 saturated heterocycles. The Labute approximate surface area is 111 Å². The number of nitrogens with zero attached hydrogens (tertiary/aromatic N) is 2. The lowest BCUT2D eigenvalue weighted by Crippen LogP contribution is -2.42. The van der Waals surface area contributed by atoms with Gasteiger partial charge in [-0.05, 0) is 32.0 Å². The van der Waals surface area contributed by atoms with Crippen LogP contribution >= 0.6 is 0 Å². The van der Waals surface area contributed by atoms with Crippen molar-refractivity contribution in [2.24, 2.45) is 5.92 Å². The van der Waals surface area contributed by atoms with Crippen molar-refractivity contribution in [1.29, 1.82) is 5.26 Å². The van der Waals surface area contributed by atoms with Gasteiger partial charge in [0.2, 0.25) is 0 Å². The van der Waals surface area contributed by atoms with Gasteiger partial charge in [-0.25, -0.2) is 0 Å². The minimum atomic E-state index is -0.706. The molecule has 2 rings (SSSR count). The van der Waals surface area contributed by atoms with Crippen molar-refractivity contribution in [2.75, 3.05) is 11.9 Å². The largest absolute Gasteiger partial charge is 0.479 e. The molecule has 0 aliphatic carbocycles. The molecular formula is C14H14N2O3. The van der Waals surface area contributed by atoms with Crippen LogP contribution in [0.5, 0.6) is 5.75 Å². The van der Waals surface area contributed by atoms with Crippen molar-refractivity contribution in [3.05, 3.63) is 23.8 Å². The summed E-state index contributed by atoms with van der Waals surface area (Å²) in [4.78, 5) is 25.2. The van der Waals surface area contributed by atoms with E-state index in [-0.39, 0.29) is 11.7 Å². The van der Waals surface area contributed by atoms with Gasteiger partial charge >= 0.3 is 0 Å². The van der Waals surface area contributed by atoms with E-state index >= 15 is 0 Å². The number of hydrogen-bond acceptors (Lipinski definition) is 4. The number of carbonyl (C=O) groups excluding carboxylic acids is 2. The molecular weight excluding hydrogens is 244 g/mol. The second kappa shape index (κ2) is 4.73. The van der Waals surface area contributed by atoms with Crippen LogP contribution in [0.2, 0.25) is 0 Å². The molecule has 0 spiro atoms. The highest BCUT2D eigenvalue weighted by Crippen LogP contribution is 2.34. The van der Waals surface area contributed by atoms with Gasteiger partial charge in [-0.2, -0.15) is 5.26 Å². The second-order valence-corrected chi connectivity index (χ2v) is 4.55. The fourth-order valence-corrected chi connectivity index (χ4v) is 1.97. The van der Waals surface area contributed by atoms with Crippen LogP contribution in [0.1, 0.15) is 24.2 Å². The monoisotopic (exact) mass is 258 g/mol. The molecule has 0 fully saturated rings. The van der Waals surface area contributed by atoms with Crippen LogP contribution in [0.3, 0.4) is 0 Å². The lowest BCUT2D eigenvalue weighted by molar-refractivity contribution is -0.125. The summed E-state index contributed by atoms with van der Waals surface area (Å²) in [5.41, 5.74) is 0.963. The van der Waals surface area contributed by atoms with Gasteiger partial charge in [0.15, 0.2) is 11.9 Å². The summed E-state index contributed by atoms with van der Waals surface area (Å²) < 4.78 is 5.47. The average molecular weight is 258 g/mol. The number of hydrogen-bond donors (Lipinski definition) is 0. The van der Waals surface area contributed by atoms with Crippen molar-refractivity contribution in [3.63, 3.8) is 0 Å². The van der Waals surface area contributed by atoms with Gasteiger partial charge in [0.25, 0.3) is 5.91 Å². The van der Waals surface area contributed by atoms with Crippen LogP contribution in [0.15, 0.2) is 18.2 Å². The Morgan fingerprint density at radius 3 is 2.84 bits per heavy atom. The maximum absolute atomic E-state index is 11.9. The highest BCUT2D eigenvalue weighted by Gasteiger charge is 2.29. The number of amides is 1. The fourth-order valence-electron chi connectivity index (χ4n) is 1.97. The Bertz CT molecular complexity index is 589. The summed E-state index contributed by atoms with van der Waals surface area (Å²) in [6, 6.07) is 6.78. The van der Waals surface area contributed by atoms with Gasteiger partial charge in [0.1, 0.15) is 11.7 Å². The topological polar surface area (TPSA) is 70.4 Å². The normalized spacial score (nSPS) is 19.2. The smallest absolute Gasteiger partial charge is 0.267 e. The van der Waals surface area contributed by atoms with Crippen LogP contribution in [0.25, 0.3) is 0 Å². The molecule has 0 aromatic heterocycles. The zero-order valence-electron chi connectivity index (χ0n) is 11.0. The number of likely N-dealkylation sites (N-methyl/N-ethyl adjacent to an activating group) is 1. The standard InChI is InChI=1S/C14H14N2O3/c1-8(7-15)13(17)10-4-5-12-11(6-10)16(3)14(18)9(2)19-12/h4-6,8-9H,1-3H3. The van der Waals surface area contributed by atoms with Crippen molar-refractivity contribution in [1.82, 2.24) is 0 Å². The molecule has 1 heterocycles. The summed E-state index contributed by atoms with van der Waals surface area (Å²) >= 11 is 0. The van der Waals surface area contributed by atoms with E-state index < -0.39 is 12.0 Å². The molecule has 0 bridgehead atoms. The van der Waals surface area contributed by atoms with Crippen LogP contribution in [-0.2, 0) is 4.79 Å². The molecule has 1 aromatic carbocycles. The summed E-state index contributed by atoms with van der Waals surface area (Å²) in [5.74, 6) is -0.562. The zero-order chi connectivity index (χ0) is 14.2. The summed E-state index contributed by atoms with van der Waals surface area (Å²) in [6.07, 6.45) is -0.530. The Morgan fingerprint density at radius 2 is 2.21 bits per heavy atom. The molecule has 5 heteroatoms. The molecule has 2 unspecified atom stereocenters. The van der Waals surface area contributed by atoms with E-state index in [0.717, 1.165) is 0 Å². The molecule has 1 aliphatic heterocycles. The minimum Gasteiger partial charge on any atom is -0.479 e. The number of Topliss-reactive ketones (excluding diaryl/α,β-unsaturated/α-hetero) is 1. The van der Waals surface area contributed by atoms with Gasteiger partial charge in [-0.1, -0.05) is 0 Å². The van der Waals surface area contributed by atoms with E-state index in [4.69, 9.17) is 10.00 Å². The highest BCUT2D eigenvalue weighted by atomic mass is 16.5.